The summed E-state index contributed by atoms with van der Waals surface area (Å²) in [6.45, 7) is 3.20. The first kappa shape index (κ1) is 24.8. The Kier molecular flexibility index (Phi) is 5.35. The van der Waals surface area contributed by atoms with Gasteiger partial charge in [0.1, 0.15) is 11.5 Å². The number of aryl methyl sites for hydroxylation is 1. The molecule has 0 unspecified atom stereocenters. The molecule has 2 aliphatic rings. The highest BCUT2D eigenvalue weighted by Crippen LogP contribution is 2.48. The average molecular weight is 531 g/mol. The maximum Gasteiger partial charge on any atom is 0.416 e. The van der Waals surface area contributed by atoms with Crippen molar-refractivity contribution < 1.29 is 35.5 Å². The summed E-state index contributed by atoms with van der Waals surface area (Å²) < 4.78 is 97.2. The summed E-state index contributed by atoms with van der Waals surface area (Å²) in [5.74, 6) is -3.16. The highest BCUT2D eigenvalue weighted by Gasteiger charge is 2.53. The summed E-state index contributed by atoms with van der Waals surface area (Å²) in [4.78, 5) is 1.83. The molecule has 1 aromatic heterocycles. The van der Waals surface area contributed by atoms with Crippen LogP contribution in [0.5, 0.6) is 5.75 Å². The van der Waals surface area contributed by atoms with Gasteiger partial charge in [0.2, 0.25) is 10.0 Å². The minimum absolute atomic E-state index is 0.0312. The van der Waals surface area contributed by atoms with Gasteiger partial charge in [0.15, 0.2) is 11.6 Å². The Labute approximate surface area is 203 Å². The fraction of sp³-hybridized carbons (Fsp3) is 0.435. The van der Waals surface area contributed by atoms with Gasteiger partial charge < -0.3 is 10.0 Å². The second-order valence-corrected chi connectivity index (χ2v) is 11.5. The zero-order valence-corrected chi connectivity index (χ0v) is 20.4. The van der Waals surface area contributed by atoms with Gasteiger partial charge in [-0.1, -0.05) is 0 Å². The van der Waals surface area contributed by atoms with Crippen LogP contribution in [0, 0.1) is 25.5 Å². The van der Waals surface area contributed by atoms with E-state index in [4.69, 9.17) is 0 Å². The van der Waals surface area contributed by atoms with Crippen molar-refractivity contribution in [1.82, 2.24) is 14.1 Å². The molecule has 1 aliphatic carbocycles. The third kappa shape index (κ3) is 3.79. The van der Waals surface area contributed by atoms with Gasteiger partial charge in [-0.25, -0.2) is 21.9 Å². The molecule has 1 saturated heterocycles. The van der Waals surface area contributed by atoms with E-state index in [-0.39, 0.29) is 30.8 Å². The zero-order valence-electron chi connectivity index (χ0n) is 19.6. The van der Waals surface area contributed by atoms with Crippen molar-refractivity contribution >= 4 is 26.6 Å². The Hall–Kier alpha value is -2.93. The van der Waals surface area contributed by atoms with Crippen molar-refractivity contribution in [2.24, 2.45) is 0 Å². The maximum atomic E-state index is 15.5. The molecule has 0 radical (unpaired) electrons. The van der Waals surface area contributed by atoms with Gasteiger partial charge in [0, 0.05) is 36.7 Å². The van der Waals surface area contributed by atoms with E-state index in [1.54, 1.807) is 6.92 Å². The molecule has 2 fully saturated rings. The largest absolute Gasteiger partial charge is 0.505 e. The van der Waals surface area contributed by atoms with Crippen LogP contribution in [-0.4, -0.2) is 59.0 Å². The van der Waals surface area contributed by atoms with Crippen molar-refractivity contribution in [2.75, 3.05) is 30.8 Å². The van der Waals surface area contributed by atoms with E-state index in [0.29, 0.717) is 30.0 Å². The minimum Gasteiger partial charge on any atom is -0.505 e. The Morgan fingerprint density at radius 3 is 2.31 bits per heavy atom. The number of halogens is 5. The number of hydrogen-bond acceptors (Lipinski definition) is 5. The van der Waals surface area contributed by atoms with E-state index in [1.165, 1.54) is 10.4 Å². The van der Waals surface area contributed by atoms with Crippen LogP contribution in [0.1, 0.15) is 29.7 Å². The number of aromatic nitrogens is 2. The molecule has 1 saturated carbocycles. The van der Waals surface area contributed by atoms with Crippen molar-refractivity contribution in [3.8, 4) is 11.4 Å². The topological polar surface area (TPSA) is 78.7 Å². The standard InChI is InChI=1S/C23H23F5N4O3S/c1-12-15(23(26,27)28)9-19(20(25)21(12)33)32-17-10-16(24)18(8-14(17)13(2)29-32)31-7-6-30(36(3,34)35)11-22(31)4-5-22/h8-10,33H,4-7,11H2,1-3H3. The lowest BCUT2D eigenvalue weighted by atomic mass is 10.0. The van der Waals surface area contributed by atoms with Crippen molar-refractivity contribution in [3.05, 3.63) is 46.7 Å². The molecule has 5 rings (SSSR count). The molecule has 194 valence electrons. The molecule has 0 bridgehead atoms. The molecule has 1 spiro atoms. The first-order valence-corrected chi connectivity index (χ1v) is 13.0. The summed E-state index contributed by atoms with van der Waals surface area (Å²) in [5, 5.41) is 14.6. The molecule has 7 nitrogen and oxygen atoms in total. The van der Waals surface area contributed by atoms with E-state index in [0.717, 1.165) is 23.9 Å². The number of fused-ring (bicyclic) bond motifs is 1. The number of phenolic OH excluding ortho intramolecular Hbond substituents is 1. The molecule has 0 amide bonds. The van der Waals surface area contributed by atoms with Crippen LogP contribution < -0.4 is 4.90 Å². The third-order valence-corrected chi connectivity index (χ3v) is 8.39. The molecular formula is C23H23F5N4O3S. The third-order valence-electron chi connectivity index (χ3n) is 7.14. The van der Waals surface area contributed by atoms with Gasteiger partial charge >= 0.3 is 6.18 Å². The van der Waals surface area contributed by atoms with Gasteiger partial charge in [-0.15, -0.1) is 0 Å². The quantitative estimate of drug-likeness (QED) is 0.512. The van der Waals surface area contributed by atoms with Crippen LogP contribution in [0.4, 0.5) is 27.6 Å². The molecular weight excluding hydrogens is 507 g/mol. The second-order valence-electron chi connectivity index (χ2n) is 9.52. The average Bonchev–Trinajstić information content (AvgIpc) is 3.46. The number of alkyl halides is 3. The predicted octanol–water partition coefficient (Wildman–Crippen LogP) is 4.26. The van der Waals surface area contributed by atoms with Gasteiger partial charge in [-0.2, -0.15) is 22.6 Å². The highest BCUT2D eigenvalue weighted by atomic mass is 32.2. The lowest BCUT2D eigenvalue weighted by Crippen LogP contribution is -2.56. The van der Waals surface area contributed by atoms with Gasteiger partial charge in [-0.05, 0) is 38.8 Å². The molecule has 13 heteroatoms. The summed E-state index contributed by atoms with van der Waals surface area (Å²) in [6.07, 6.45) is -2.35. The molecule has 1 aliphatic heterocycles. The van der Waals surface area contributed by atoms with Crippen molar-refractivity contribution in [2.45, 2.75) is 38.4 Å². The van der Waals surface area contributed by atoms with Crippen LogP contribution >= 0.6 is 0 Å². The summed E-state index contributed by atoms with van der Waals surface area (Å²) in [6, 6.07) is 3.13. The van der Waals surface area contributed by atoms with Crippen LogP contribution in [0.2, 0.25) is 0 Å². The van der Waals surface area contributed by atoms with Crippen LogP contribution in [0.3, 0.4) is 0 Å². The lowest BCUT2D eigenvalue weighted by Gasteiger charge is -2.42. The number of rotatable bonds is 3. The second kappa shape index (κ2) is 7.78. The summed E-state index contributed by atoms with van der Waals surface area (Å²) in [5.41, 5.74) is -2.50. The highest BCUT2D eigenvalue weighted by molar-refractivity contribution is 7.88. The van der Waals surface area contributed by atoms with E-state index in [9.17, 15) is 31.1 Å². The summed E-state index contributed by atoms with van der Waals surface area (Å²) >= 11 is 0. The predicted molar refractivity (Wildman–Crippen MR) is 123 cm³/mol. The zero-order chi connectivity index (χ0) is 26.4. The minimum atomic E-state index is -4.85. The van der Waals surface area contributed by atoms with Gasteiger partial charge in [-0.3, -0.25) is 0 Å². The molecule has 3 aromatic rings. The van der Waals surface area contributed by atoms with E-state index in [1.807, 2.05) is 4.90 Å². The molecule has 2 aromatic carbocycles. The normalized spacial score (nSPS) is 18.4. The van der Waals surface area contributed by atoms with Crippen molar-refractivity contribution in [1.29, 1.82) is 0 Å². The molecule has 2 heterocycles. The maximum absolute atomic E-state index is 15.5. The first-order chi connectivity index (χ1) is 16.6. The lowest BCUT2D eigenvalue weighted by molar-refractivity contribution is -0.138. The Bertz CT molecular complexity index is 1510. The number of nitrogens with zero attached hydrogens (tertiary/aromatic N) is 4. The van der Waals surface area contributed by atoms with Crippen LogP contribution in [0.25, 0.3) is 16.6 Å². The van der Waals surface area contributed by atoms with Crippen LogP contribution in [-0.2, 0) is 16.2 Å². The number of hydrogen-bond donors (Lipinski definition) is 1. The number of benzene rings is 2. The smallest absolute Gasteiger partial charge is 0.416 e. The monoisotopic (exact) mass is 530 g/mol. The molecule has 36 heavy (non-hydrogen) atoms. The molecule has 1 N–H and O–H groups in total. The Balaban J connectivity index is 1.63. The van der Waals surface area contributed by atoms with Crippen LogP contribution in [0.15, 0.2) is 18.2 Å². The Morgan fingerprint density at radius 1 is 1.06 bits per heavy atom. The Morgan fingerprint density at radius 2 is 1.72 bits per heavy atom. The van der Waals surface area contributed by atoms with Gasteiger partial charge in [0.05, 0.1) is 34.3 Å². The number of sulfonamides is 1. The van der Waals surface area contributed by atoms with Crippen molar-refractivity contribution in [3.63, 3.8) is 0 Å². The van der Waals surface area contributed by atoms with E-state index >= 15 is 4.39 Å². The van der Waals surface area contributed by atoms with E-state index < -0.39 is 55.9 Å². The van der Waals surface area contributed by atoms with E-state index in [2.05, 4.69) is 5.10 Å². The number of anilines is 1. The first-order valence-electron chi connectivity index (χ1n) is 11.2. The van der Waals surface area contributed by atoms with Gasteiger partial charge in [0.25, 0.3) is 0 Å². The SMILES string of the molecule is Cc1c(C(F)(F)F)cc(-n2nc(C)c3cc(N4CCN(S(C)(=O)=O)CC45CC5)c(F)cc32)c(F)c1O. The fourth-order valence-corrected chi connectivity index (χ4v) is 5.90. The summed E-state index contributed by atoms with van der Waals surface area (Å²) in [7, 11) is -3.40. The number of aromatic hydroxyl groups is 1. The fourth-order valence-electron chi connectivity index (χ4n) is 5.01. The molecule has 0 atom stereocenters. The number of piperazine rings is 1. The number of phenols is 1.